The fraction of sp³-hybridized carbons (Fsp3) is 0.975. The molecule has 0 aliphatic carbocycles. The maximum Gasteiger partial charge on any atom is 0.249 e. The van der Waals surface area contributed by atoms with Crippen molar-refractivity contribution in [3.8, 4) is 0 Å². The molecule has 0 aromatic heterocycles. The number of carbonyl (C=O) groups is 1. The lowest BCUT2D eigenvalue weighted by Crippen LogP contribution is -2.60. The third-order valence-corrected chi connectivity index (χ3v) is 10.3. The molecule has 7 N–H and O–H groups in total. The van der Waals surface area contributed by atoms with E-state index in [9.17, 15) is 35.4 Å². The predicted molar refractivity (Wildman–Crippen MR) is 200 cm³/mol. The molecule has 0 radical (unpaired) electrons. The van der Waals surface area contributed by atoms with Crippen molar-refractivity contribution in [3.05, 3.63) is 0 Å². The lowest BCUT2D eigenvalue weighted by molar-refractivity contribution is -0.302. The van der Waals surface area contributed by atoms with Crippen LogP contribution in [0.15, 0.2) is 0 Å². The summed E-state index contributed by atoms with van der Waals surface area (Å²) in [7, 11) is 0. The van der Waals surface area contributed by atoms with Crippen LogP contribution in [0.3, 0.4) is 0 Å². The number of aliphatic hydroxyl groups excluding tert-OH is 6. The van der Waals surface area contributed by atoms with E-state index in [0.29, 0.717) is 12.8 Å². The number of unbranched alkanes of at least 4 members (excludes halogenated alkanes) is 23. The highest BCUT2D eigenvalue weighted by molar-refractivity contribution is 5.80. The van der Waals surface area contributed by atoms with E-state index in [-0.39, 0.29) is 6.61 Å². The molecular weight excluding hydrogens is 638 g/mol. The Morgan fingerprint density at radius 2 is 1.00 bits per heavy atom. The van der Waals surface area contributed by atoms with E-state index >= 15 is 0 Å². The Morgan fingerprint density at radius 3 is 1.42 bits per heavy atom. The number of nitrogens with one attached hydrogen (secondary N) is 1. The first-order chi connectivity index (χ1) is 24.3. The molecule has 8 atom stereocenters. The highest BCUT2D eigenvalue weighted by Gasteiger charge is 2.44. The Labute approximate surface area is 305 Å². The third-order valence-electron chi connectivity index (χ3n) is 10.3. The molecule has 10 heteroatoms. The minimum absolute atomic E-state index is 0.251. The van der Waals surface area contributed by atoms with Crippen molar-refractivity contribution in [1.82, 2.24) is 5.32 Å². The van der Waals surface area contributed by atoms with E-state index in [0.717, 1.165) is 44.9 Å². The van der Waals surface area contributed by atoms with E-state index < -0.39 is 61.5 Å². The van der Waals surface area contributed by atoms with Crippen LogP contribution in [0.25, 0.3) is 0 Å². The molecule has 1 saturated heterocycles. The first-order valence-electron chi connectivity index (χ1n) is 20.8. The van der Waals surface area contributed by atoms with Crippen molar-refractivity contribution in [2.75, 3.05) is 13.2 Å². The number of amides is 1. The van der Waals surface area contributed by atoms with Crippen LogP contribution in [0.2, 0.25) is 0 Å². The largest absolute Gasteiger partial charge is 0.394 e. The Morgan fingerprint density at radius 1 is 0.600 bits per heavy atom. The molecule has 0 spiro atoms. The van der Waals surface area contributed by atoms with Crippen molar-refractivity contribution in [2.45, 2.75) is 236 Å². The fourth-order valence-corrected chi connectivity index (χ4v) is 6.81. The Bertz CT molecular complexity index is 773. The zero-order valence-electron chi connectivity index (χ0n) is 32.0. The summed E-state index contributed by atoms with van der Waals surface area (Å²) >= 11 is 0. The van der Waals surface area contributed by atoms with Crippen molar-refractivity contribution in [1.29, 1.82) is 0 Å². The molecule has 0 bridgehead atoms. The molecule has 0 aromatic rings. The van der Waals surface area contributed by atoms with Crippen LogP contribution in [-0.2, 0) is 14.3 Å². The maximum absolute atomic E-state index is 12.9. The fourth-order valence-electron chi connectivity index (χ4n) is 6.81. The molecule has 8 unspecified atom stereocenters. The number of hydrogen-bond acceptors (Lipinski definition) is 9. The molecule has 1 aliphatic rings. The zero-order valence-corrected chi connectivity index (χ0v) is 32.0. The lowest BCUT2D eigenvalue weighted by Gasteiger charge is -2.40. The van der Waals surface area contributed by atoms with E-state index in [1.165, 1.54) is 116 Å². The minimum atomic E-state index is -1.59. The van der Waals surface area contributed by atoms with Crippen molar-refractivity contribution >= 4 is 5.91 Å². The molecule has 10 nitrogen and oxygen atoms in total. The van der Waals surface area contributed by atoms with Crippen LogP contribution in [-0.4, -0.2) is 98.7 Å². The second-order valence-corrected chi connectivity index (χ2v) is 14.9. The molecular formula is C40H79NO9. The van der Waals surface area contributed by atoms with Gasteiger partial charge in [0.1, 0.15) is 30.5 Å². The Hall–Kier alpha value is -0.850. The summed E-state index contributed by atoms with van der Waals surface area (Å²) in [6, 6.07) is -0.885. The van der Waals surface area contributed by atoms with E-state index in [4.69, 9.17) is 9.47 Å². The summed E-state index contributed by atoms with van der Waals surface area (Å²) in [6.07, 6.45) is 21.6. The highest BCUT2D eigenvalue weighted by Crippen LogP contribution is 2.23. The average molecular weight is 718 g/mol. The van der Waals surface area contributed by atoms with Gasteiger partial charge in [0, 0.05) is 0 Å². The smallest absolute Gasteiger partial charge is 0.249 e. The minimum Gasteiger partial charge on any atom is -0.394 e. The molecule has 50 heavy (non-hydrogen) atoms. The van der Waals surface area contributed by atoms with Crippen molar-refractivity contribution in [2.24, 2.45) is 0 Å². The number of ether oxygens (including phenoxy) is 2. The third kappa shape index (κ3) is 22.3. The SMILES string of the molecule is CCCCCCCCCCCCCCCCCCC(O)C(COC1OC(CO)C(O)C(O)C1O)NC(=O)C(O)CCCCCCCCCCC. The molecule has 0 saturated carbocycles. The lowest BCUT2D eigenvalue weighted by atomic mass is 9.99. The standard InChI is InChI=1S/C40H79NO9/c1-3-5-7-9-11-13-14-15-16-17-18-19-21-22-24-26-28-33(43)32(31-49-40-38(47)37(46)36(45)35(30-42)50-40)41-39(48)34(44)29-27-25-23-20-12-10-8-6-4-2/h32-38,40,42-47H,3-31H2,1-2H3,(H,41,48). The summed E-state index contributed by atoms with van der Waals surface area (Å²) in [5.41, 5.74) is 0. The van der Waals surface area contributed by atoms with Gasteiger partial charge in [-0.3, -0.25) is 4.79 Å². The second kappa shape index (κ2) is 31.7. The van der Waals surface area contributed by atoms with Gasteiger partial charge in [0.05, 0.1) is 25.4 Å². The topological polar surface area (TPSA) is 169 Å². The van der Waals surface area contributed by atoms with E-state index in [1.54, 1.807) is 0 Å². The van der Waals surface area contributed by atoms with Crippen molar-refractivity contribution < 1.29 is 44.9 Å². The van der Waals surface area contributed by atoms with Gasteiger partial charge in [-0.25, -0.2) is 0 Å². The van der Waals surface area contributed by atoms with Gasteiger partial charge in [0.25, 0.3) is 0 Å². The van der Waals surface area contributed by atoms with Gasteiger partial charge in [0.2, 0.25) is 5.91 Å². The van der Waals surface area contributed by atoms with Gasteiger partial charge in [0.15, 0.2) is 6.29 Å². The first kappa shape index (κ1) is 47.2. The van der Waals surface area contributed by atoms with Crippen LogP contribution in [0.5, 0.6) is 0 Å². The summed E-state index contributed by atoms with van der Waals surface area (Å²) in [5, 5.41) is 64.5. The number of hydrogen-bond donors (Lipinski definition) is 7. The molecule has 1 heterocycles. The molecule has 1 rings (SSSR count). The normalized spacial score (nSPS) is 22.8. The molecule has 1 amide bonds. The van der Waals surface area contributed by atoms with Crippen LogP contribution < -0.4 is 5.32 Å². The molecule has 0 aromatic carbocycles. The first-order valence-corrected chi connectivity index (χ1v) is 20.8. The van der Waals surface area contributed by atoms with Crippen LogP contribution >= 0.6 is 0 Å². The van der Waals surface area contributed by atoms with Gasteiger partial charge >= 0.3 is 0 Å². The summed E-state index contributed by atoms with van der Waals surface area (Å²) in [4.78, 5) is 12.9. The quantitative estimate of drug-likeness (QED) is 0.0364. The second-order valence-electron chi connectivity index (χ2n) is 14.9. The molecule has 1 aliphatic heterocycles. The van der Waals surface area contributed by atoms with E-state index in [2.05, 4.69) is 19.2 Å². The van der Waals surface area contributed by atoms with Gasteiger partial charge in [-0.1, -0.05) is 174 Å². The number of carbonyl (C=O) groups excluding carboxylic acids is 1. The molecule has 1 fully saturated rings. The average Bonchev–Trinajstić information content (AvgIpc) is 3.11. The number of aliphatic hydroxyl groups is 6. The predicted octanol–water partition coefficient (Wildman–Crippen LogP) is 6.58. The van der Waals surface area contributed by atoms with Gasteiger partial charge in [-0.2, -0.15) is 0 Å². The van der Waals surface area contributed by atoms with Crippen LogP contribution in [0.4, 0.5) is 0 Å². The molecule has 298 valence electrons. The summed E-state index contributed by atoms with van der Waals surface area (Å²) in [6.45, 7) is 3.63. The summed E-state index contributed by atoms with van der Waals surface area (Å²) < 4.78 is 11.1. The van der Waals surface area contributed by atoms with Gasteiger partial charge in [-0.05, 0) is 12.8 Å². The highest BCUT2D eigenvalue weighted by atomic mass is 16.7. The number of rotatable bonds is 34. The van der Waals surface area contributed by atoms with Gasteiger partial charge in [-0.15, -0.1) is 0 Å². The maximum atomic E-state index is 12.9. The monoisotopic (exact) mass is 718 g/mol. The van der Waals surface area contributed by atoms with E-state index in [1.807, 2.05) is 0 Å². The van der Waals surface area contributed by atoms with Gasteiger partial charge < -0.3 is 45.4 Å². The van der Waals surface area contributed by atoms with Crippen molar-refractivity contribution in [3.63, 3.8) is 0 Å². The van der Waals surface area contributed by atoms with Crippen LogP contribution in [0.1, 0.15) is 187 Å². The Kier molecular flexibility index (Phi) is 29.9. The summed E-state index contributed by atoms with van der Waals surface area (Å²) in [5.74, 6) is -0.585. The Balaban J connectivity index is 2.43. The zero-order chi connectivity index (χ0) is 36.8. The van der Waals surface area contributed by atoms with Crippen LogP contribution in [0, 0.1) is 0 Å².